The van der Waals surface area contributed by atoms with Gasteiger partial charge in [0.1, 0.15) is 0 Å². The van der Waals surface area contributed by atoms with Gasteiger partial charge in [-0.1, -0.05) is 239 Å². The van der Waals surface area contributed by atoms with Crippen molar-refractivity contribution in [3.63, 3.8) is 0 Å². The van der Waals surface area contributed by atoms with Crippen LogP contribution in [0.3, 0.4) is 0 Å². The Morgan fingerprint density at radius 1 is 0.188 bits per heavy atom. The molecule has 0 saturated carbocycles. The Kier molecular flexibility index (Phi) is 14.2. The van der Waals surface area contributed by atoms with E-state index in [1.54, 1.807) is 0 Å². The maximum atomic E-state index is 5.83. The molecule has 5 aliphatic rings. The van der Waals surface area contributed by atoms with Gasteiger partial charge in [0.15, 0.2) is 0 Å². The number of aliphatic imine (C=N–C) groups is 4. The summed E-state index contributed by atoms with van der Waals surface area (Å²) in [5.41, 5.74) is 24.7. The van der Waals surface area contributed by atoms with Crippen LogP contribution in [-0.4, -0.2) is 22.8 Å². The molecule has 0 aromatic heterocycles. The molecule has 0 fully saturated rings. The van der Waals surface area contributed by atoms with Gasteiger partial charge in [-0.25, -0.2) is 20.0 Å². The van der Waals surface area contributed by atoms with Crippen molar-refractivity contribution in [2.75, 3.05) is 0 Å². The lowest BCUT2D eigenvalue weighted by Crippen LogP contribution is -2.18. The molecule has 0 radical (unpaired) electrons. The van der Waals surface area contributed by atoms with Crippen molar-refractivity contribution in [3.8, 4) is 0 Å². The Balaban J connectivity index is 1.48. The van der Waals surface area contributed by atoms with Crippen LogP contribution in [-0.2, 0) is 43.3 Å². The number of allylic oxidation sites excluding steroid dienone is 12. The molecule has 80 heavy (non-hydrogen) atoms. The average Bonchev–Trinajstić information content (AvgIpc) is 4.17. The van der Waals surface area contributed by atoms with Crippen molar-refractivity contribution in [2.24, 2.45) is 20.0 Å². The van der Waals surface area contributed by atoms with E-state index in [1.165, 1.54) is 44.5 Å². The van der Waals surface area contributed by atoms with Crippen molar-refractivity contribution in [1.29, 1.82) is 0 Å². The summed E-state index contributed by atoms with van der Waals surface area (Å²) in [5, 5.41) is 0. The second kappa shape index (κ2) is 19.6. The first-order chi connectivity index (χ1) is 36.6. The van der Waals surface area contributed by atoms with Crippen molar-refractivity contribution in [2.45, 2.75) is 209 Å². The number of nitrogens with zero attached hydrogens (tertiary/aromatic N) is 4. The van der Waals surface area contributed by atoms with Crippen LogP contribution in [0.2, 0.25) is 0 Å². The maximum Gasteiger partial charge on any atom is 0.0738 e. The molecule has 5 heterocycles. The molecule has 4 aromatic rings. The molecule has 0 aliphatic carbocycles. The molecule has 4 nitrogen and oxygen atoms in total. The Bertz CT molecular complexity index is 3040. The summed E-state index contributed by atoms with van der Waals surface area (Å²) in [7, 11) is 0. The van der Waals surface area contributed by atoms with E-state index < -0.39 is 0 Å². The second-order valence-electron chi connectivity index (χ2n) is 31.6. The summed E-state index contributed by atoms with van der Waals surface area (Å²) in [6, 6.07) is 28.7. The van der Waals surface area contributed by atoms with E-state index >= 15 is 0 Å². The predicted octanol–water partition coefficient (Wildman–Crippen LogP) is 20.1. The van der Waals surface area contributed by atoms with Gasteiger partial charge in [0.05, 0.1) is 45.6 Å². The van der Waals surface area contributed by atoms with Gasteiger partial charge in [-0.2, -0.15) is 0 Å². The van der Waals surface area contributed by atoms with Gasteiger partial charge in [-0.05, 0) is 159 Å². The van der Waals surface area contributed by atoms with Gasteiger partial charge in [0, 0.05) is 22.3 Å². The third kappa shape index (κ3) is 11.8. The first-order valence-electron chi connectivity index (χ1n) is 29.4. The Morgan fingerprint density at radius 2 is 0.325 bits per heavy atom. The highest BCUT2D eigenvalue weighted by Crippen LogP contribution is 2.44. The monoisotopic (exact) mass is 1060 g/mol. The average molecular weight is 1060 g/mol. The molecule has 0 amide bonds. The van der Waals surface area contributed by atoms with Gasteiger partial charge in [-0.3, -0.25) is 0 Å². The summed E-state index contributed by atoms with van der Waals surface area (Å²) in [6.45, 7) is 55.5. The molecular weight excluding hydrogens is 969 g/mol. The van der Waals surface area contributed by atoms with Crippen LogP contribution in [0.1, 0.15) is 233 Å². The third-order valence-electron chi connectivity index (χ3n) is 16.4. The van der Waals surface area contributed by atoms with E-state index in [4.69, 9.17) is 20.0 Å². The minimum absolute atomic E-state index is 0.113. The SMILES string of the molecule is CC(C)(C)c1cc(C2=C3C=CC(=N3)C(c3cc(C(C)(C)C)cc(C(C)(C)C)c3)=C3C=CC(=N3)C(c3cc(C(C)(C)C)cc(C(C)(C)C)c3)=C3C=CC(=N3)C(c3cc(C(C)(C)C)cc(C(C)(C)C)c3)=C3C=CC2=N3)cc(C(C)(C)C)c1. The Morgan fingerprint density at radius 3 is 0.450 bits per heavy atom. The van der Waals surface area contributed by atoms with Crippen LogP contribution in [0.4, 0.5) is 0 Å². The zero-order valence-electron chi connectivity index (χ0n) is 53.3. The maximum absolute atomic E-state index is 5.83. The fraction of sp³-hybridized carbons (Fsp3) is 0.421. The van der Waals surface area contributed by atoms with Gasteiger partial charge in [0.25, 0.3) is 0 Å². The zero-order valence-corrected chi connectivity index (χ0v) is 53.3. The molecule has 4 aromatic carbocycles. The molecule has 0 spiro atoms. The molecule has 5 aliphatic heterocycles. The Labute approximate surface area is 483 Å². The molecule has 9 rings (SSSR count). The number of hydrogen-bond donors (Lipinski definition) is 0. The summed E-state index contributed by atoms with van der Waals surface area (Å²) >= 11 is 0. The molecule has 8 bridgehead atoms. The lowest BCUT2D eigenvalue weighted by molar-refractivity contribution is 0.567. The van der Waals surface area contributed by atoms with Gasteiger partial charge in [0.2, 0.25) is 0 Å². The smallest absolute Gasteiger partial charge is 0.0738 e. The summed E-state index contributed by atoms with van der Waals surface area (Å²) < 4.78 is 0. The summed E-state index contributed by atoms with van der Waals surface area (Å²) in [6.07, 6.45) is 17.8. The van der Waals surface area contributed by atoms with Crippen LogP contribution < -0.4 is 0 Å². The van der Waals surface area contributed by atoms with E-state index in [1.807, 2.05) is 0 Å². The van der Waals surface area contributed by atoms with Crippen LogP contribution in [0, 0.1) is 0 Å². The minimum Gasteiger partial charge on any atom is -0.248 e. The number of rotatable bonds is 4. The van der Waals surface area contributed by atoms with E-state index in [9.17, 15) is 0 Å². The van der Waals surface area contributed by atoms with Crippen molar-refractivity contribution in [3.05, 3.63) is 211 Å². The van der Waals surface area contributed by atoms with Crippen LogP contribution in [0.5, 0.6) is 0 Å². The number of fused-ring (bicyclic) bond motifs is 4. The van der Waals surface area contributed by atoms with E-state index in [2.05, 4.69) is 288 Å². The summed E-state index contributed by atoms with van der Waals surface area (Å²) in [5.74, 6) is 0. The molecular formula is C76H92N4. The van der Waals surface area contributed by atoms with E-state index in [0.29, 0.717) is 0 Å². The zero-order chi connectivity index (χ0) is 58.8. The minimum atomic E-state index is -0.113. The highest BCUT2D eigenvalue weighted by Gasteiger charge is 2.33. The molecule has 416 valence electrons. The van der Waals surface area contributed by atoms with Crippen LogP contribution in [0.25, 0.3) is 22.3 Å². The van der Waals surface area contributed by atoms with Crippen molar-refractivity contribution >= 4 is 45.1 Å². The number of hydrogen-bond acceptors (Lipinski definition) is 4. The fourth-order valence-electron chi connectivity index (χ4n) is 10.8. The first-order valence-corrected chi connectivity index (χ1v) is 29.4. The molecule has 0 N–H and O–H groups in total. The Hall–Kier alpha value is -6.52. The molecule has 0 unspecified atom stereocenters. The van der Waals surface area contributed by atoms with E-state index in [-0.39, 0.29) is 43.3 Å². The molecule has 0 saturated heterocycles. The van der Waals surface area contributed by atoms with Gasteiger partial charge >= 0.3 is 0 Å². The first kappa shape index (κ1) is 58.1. The summed E-state index contributed by atoms with van der Waals surface area (Å²) in [4.78, 5) is 23.3. The van der Waals surface area contributed by atoms with Crippen molar-refractivity contribution < 1.29 is 0 Å². The topological polar surface area (TPSA) is 49.4 Å². The molecule has 4 heteroatoms. The second-order valence-corrected chi connectivity index (χ2v) is 31.6. The lowest BCUT2D eigenvalue weighted by Gasteiger charge is -2.27. The highest BCUT2D eigenvalue weighted by atomic mass is 14.9. The molecule has 0 atom stereocenters. The van der Waals surface area contributed by atoms with Crippen molar-refractivity contribution in [1.82, 2.24) is 0 Å². The van der Waals surface area contributed by atoms with E-state index in [0.717, 1.165) is 90.2 Å². The standard InChI is InChI=1S/C76H92N4/c1-69(2,3)49-33-45(34-50(41-49)70(4,5)6)65-57-25-27-59(77-57)66(46-35-51(71(7,8)9)42-52(36-46)72(10,11)12)61-29-31-63(79-61)68(48-39-55(75(19,20)21)44-56(40-48)76(22,23)24)64-32-30-62(80-64)67(60-28-26-58(65)78-60)47-37-53(73(13,14)15)43-54(38-47)74(16,17)18/h25-44H,1-24H3. The van der Waals surface area contributed by atoms with Gasteiger partial charge < -0.3 is 0 Å². The quantitative estimate of drug-likeness (QED) is 0.196. The predicted molar refractivity (Wildman–Crippen MR) is 349 cm³/mol. The third-order valence-corrected chi connectivity index (χ3v) is 16.4. The normalized spacial score (nSPS) is 17.4. The van der Waals surface area contributed by atoms with Crippen LogP contribution >= 0.6 is 0 Å². The van der Waals surface area contributed by atoms with Gasteiger partial charge in [-0.15, -0.1) is 0 Å². The lowest BCUT2D eigenvalue weighted by atomic mass is 9.78. The highest BCUT2D eigenvalue weighted by molar-refractivity contribution is 6.39. The largest absolute Gasteiger partial charge is 0.248 e. The fourth-order valence-corrected chi connectivity index (χ4v) is 10.8. The van der Waals surface area contributed by atoms with Crippen LogP contribution in [0.15, 0.2) is 164 Å². The number of benzene rings is 4.